The maximum Gasteiger partial charge on any atom is 0.338 e. The van der Waals surface area contributed by atoms with Gasteiger partial charge in [-0.05, 0) is 62.2 Å². The minimum atomic E-state index is -0.804. The smallest absolute Gasteiger partial charge is 0.338 e. The van der Waals surface area contributed by atoms with Crippen LogP contribution in [0.4, 0.5) is 0 Å². The van der Waals surface area contributed by atoms with Gasteiger partial charge in [0.05, 0.1) is 42.2 Å². The van der Waals surface area contributed by atoms with Crippen LogP contribution in [0.5, 0.6) is 23.0 Å². The van der Waals surface area contributed by atoms with E-state index in [1.807, 2.05) is 25.1 Å². The lowest BCUT2D eigenvalue weighted by molar-refractivity contribution is -0.139. The molecule has 0 fully saturated rings. The molecule has 204 valence electrons. The summed E-state index contributed by atoms with van der Waals surface area (Å²) >= 11 is 4.89. The van der Waals surface area contributed by atoms with E-state index < -0.39 is 12.0 Å². The summed E-state index contributed by atoms with van der Waals surface area (Å²) in [6.45, 7) is 6.97. The van der Waals surface area contributed by atoms with Crippen molar-refractivity contribution in [2.75, 3.05) is 33.5 Å². The molecule has 11 heteroatoms. The first-order valence-corrected chi connectivity index (χ1v) is 14.1. The van der Waals surface area contributed by atoms with Crippen molar-refractivity contribution in [2.45, 2.75) is 26.8 Å². The molecule has 39 heavy (non-hydrogen) atoms. The molecule has 2 aliphatic heterocycles. The number of ether oxygens (including phenoxy) is 5. The van der Waals surface area contributed by atoms with Crippen LogP contribution in [-0.4, -0.2) is 44.1 Å². The number of hydrogen-bond donors (Lipinski definition) is 0. The number of carbonyl (C=O) groups is 1. The van der Waals surface area contributed by atoms with E-state index in [9.17, 15) is 9.59 Å². The second-order valence-electron chi connectivity index (χ2n) is 8.66. The van der Waals surface area contributed by atoms with Crippen LogP contribution >= 0.6 is 27.3 Å². The molecule has 0 aliphatic carbocycles. The number of thiazole rings is 1. The van der Waals surface area contributed by atoms with Crippen LogP contribution in [0.3, 0.4) is 0 Å². The van der Waals surface area contributed by atoms with Crippen LogP contribution in [0, 0.1) is 0 Å². The van der Waals surface area contributed by atoms with Crippen LogP contribution in [0.15, 0.2) is 55.9 Å². The van der Waals surface area contributed by atoms with Crippen LogP contribution in [-0.2, 0) is 9.53 Å². The Labute approximate surface area is 237 Å². The van der Waals surface area contributed by atoms with E-state index in [0.29, 0.717) is 67.9 Å². The van der Waals surface area contributed by atoms with Crippen LogP contribution < -0.4 is 33.8 Å². The fourth-order valence-electron chi connectivity index (χ4n) is 4.58. The predicted molar refractivity (Wildman–Crippen MR) is 150 cm³/mol. The number of esters is 1. The summed E-state index contributed by atoms with van der Waals surface area (Å²) in [5, 5.41) is 0. The summed E-state index contributed by atoms with van der Waals surface area (Å²) in [4.78, 5) is 32.3. The molecule has 0 amide bonds. The van der Waals surface area contributed by atoms with E-state index >= 15 is 0 Å². The molecule has 0 unspecified atom stereocenters. The highest BCUT2D eigenvalue weighted by molar-refractivity contribution is 9.10. The zero-order valence-corrected chi connectivity index (χ0v) is 24.3. The Balaban J connectivity index is 1.71. The number of allylic oxidation sites excluding steroid dienone is 1. The molecular weight excluding hydrogens is 588 g/mol. The van der Waals surface area contributed by atoms with Crippen molar-refractivity contribution in [2.24, 2.45) is 4.99 Å². The maximum absolute atomic E-state index is 13.9. The average Bonchev–Trinajstić information content (AvgIpc) is 3.22. The second-order valence-corrected chi connectivity index (χ2v) is 10.5. The highest BCUT2D eigenvalue weighted by atomic mass is 79.9. The molecule has 3 aromatic rings. The first kappa shape index (κ1) is 27.0. The molecule has 3 heterocycles. The normalized spacial score (nSPS) is 16.4. The van der Waals surface area contributed by atoms with E-state index in [1.165, 1.54) is 15.9 Å². The third-order valence-electron chi connectivity index (χ3n) is 6.26. The number of benzene rings is 2. The van der Waals surface area contributed by atoms with Crippen molar-refractivity contribution in [3.05, 3.63) is 76.9 Å². The van der Waals surface area contributed by atoms with Gasteiger partial charge in [0.15, 0.2) is 27.8 Å². The topological polar surface area (TPSA) is 97.6 Å². The number of halogens is 1. The lowest BCUT2D eigenvalue weighted by Gasteiger charge is -2.26. The fourth-order valence-corrected chi connectivity index (χ4v) is 6.16. The van der Waals surface area contributed by atoms with Crippen molar-refractivity contribution in [1.29, 1.82) is 0 Å². The summed E-state index contributed by atoms with van der Waals surface area (Å²) in [6, 6.07) is 8.28. The quantitative estimate of drug-likeness (QED) is 0.374. The van der Waals surface area contributed by atoms with E-state index in [-0.39, 0.29) is 17.7 Å². The minimum Gasteiger partial charge on any atom is -0.493 e. The molecule has 1 atom stereocenters. The van der Waals surface area contributed by atoms with Gasteiger partial charge in [0.1, 0.15) is 13.2 Å². The highest BCUT2D eigenvalue weighted by Gasteiger charge is 2.35. The Hall–Kier alpha value is -3.57. The number of methoxy groups -OCH3 is 1. The Morgan fingerprint density at radius 1 is 1.15 bits per heavy atom. The standard InChI is InChI=1S/C28H27BrN2O7S/c1-5-35-22-14-18(29)17(13-20(22)34-4)25-24(27(33)36-6-2)15(3)30-28-31(25)26(32)23(39-28)12-16-7-8-19-21(11-16)38-10-9-37-19/h7-8,11-14,25H,5-6,9-10H2,1-4H3/b23-12+/t25-/m1/s1. The van der Waals surface area contributed by atoms with Crippen LogP contribution in [0.2, 0.25) is 0 Å². The molecule has 5 rings (SSSR count). The maximum atomic E-state index is 13.9. The molecule has 1 aromatic heterocycles. The molecule has 0 saturated carbocycles. The molecule has 0 radical (unpaired) electrons. The predicted octanol–water partition coefficient (Wildman–Crippen LogP) is 3.74. The van der Waals surface area contributed by atoms with E-state index in [4.69, 9.17) is 23.7 Å². The summed E-state index contributed by atoms with van der Waals surface area (Å²) in [5.74, 6) is 1.78. The van der Waals surface area contributed by atoms with Crippen LogP contribution in [0.25, 0.3) is 6.08 Å². The zero-order chi connectivity index (χ0) is 27.7. The summed E-state index contributed by atoms with van der Waals surface area (Å²) in [7, 11) is 1.54. The number of hydrogen-bond acceptors (Lipinski definition) is 9. The number of carbonyl (C=O) groups excluding carboxylic acids is 1. The van der Waals surface area contributed by atoms with Gasteiger partial charge in [-0.2, -0.15) is 0 Å². The summed E-state index contributed by atoms with van der Waals surface area (Å²) in [5.41, 5.74) is 1.89. The van der Waals surface area contributed by atoms with Crippen molar-refractivity contribution in [1.82, 2.24) is 4.57 Å². The molecular formula is C28H27BrN2O7S. The molecule has 0 N–H and O–H groups in total. The van der Waals surface area contributed by atoms with Gasteiger partial charge in [-0.25, -0.2) is 9.79 Å². The van der Waals surface area contributed by atoms with E-state index in [1.54, 1.807) is 39.2 Å². The molecule has 0 bridgehead atoms. The van der Waals surface area contributed by atoms with Gasteiger partial charge >= 0.3 is 5.97 Å². The number of rotatable bonds is 7. The Kier molecular flexibility index (Phi) is 7.81. The Morgan fingerprint density at radius 3 is 2.64 bits per heavy atom. The average molecular weight is 616 g/mol. The summed E-state index contributed by atoms with van der Waals surface area (Å²) in [6.07, 6.45) is 1.79. The van der Waals surface area contributed by atoms with E-state index in [2.05, 4.69) is 20.9 Å². The van der Waals surface area contributed by atoms with Crippen molar-refractivity contribution in [3.8, 4) is 23.0 Å². The highest BCUT2D eigenvalue weighted by Crippen LogP contribution is 2.41. The second kappa shape index (κ2) is 11.3. The SMILES string of the molecule is CCOC(=O)C1=C(C)N=c2s/c(=C/c3ccc4c(c3)OCCO4)c(=O)n2[C@@H]1c1cc(OC)c(OCC)cc1Br. The molecule has 9 nitrogen and oxygen atoms in total. The van der Waals surface area contributed by atoms with Gasteiger partial charge in [-0.1, -0.05) is 33.3 Å². The lowest BCUT2D eigenvalue weighted by Crippen LogP contribution is -2.40. The van der Waals surface area contributed by atoms with Crippen molar-refractivity contribution < 1.29 is 28.5 Å². The van der Waals surface area contributed by atoms with Crippen LogP contribution in [0.1, 0.15) is 37.9 Å². The van der Waals surface area contributed by atoms with Crippen molar-refractivity contribution >= 4 is 39.3 Å². The minimum absolute atomic E-state index is 0.185. The Bertz CT molecular complexity index is 1660. The lowest BCUT2D eigenvalue weighted by atomic mass is 9.95. The summed E-state index contributed by atoms with van der Waals surface area (Å²) < 4.78 is 30.7. The Morgan fingerprint density at radius 2 is 1.92 bits per heavy atom. The first-order chi connectivity index (χ1) is 18.9. The van der Waals surface area contributed by atoms with Gasteiger partial charge in [0, 0.05) is 4.47 Å². The van der Waals surface area contributed by atoms with Gasteiger partial charge in [-0.3, -0.25) is 9.36 Å². The fraction of sp³-hybridized carbons (Fsp3) is 0.321. The molecule has 2 aromatic carbocycles. The molecule has 2 aliphatic rings. The van der Waals surface area contributed by atoms with Gasteiger partial charge < -0.3 is 23.7 Å². The number of nitrogens with zero attached hydrogens (tertiary/aromatic N) is 2. The molecule has 0 spiro atoms. The van der Waals surface area contributed by atoms with Gasteiger partial charge in [0.25, 0.3) is 5.56 Å². The van der Waals surface area contributed by atoms with Crippen molar-refractivity contribution in [3.63, 3.8) is 0 Å². The third kappa shape index (κ3) is 5.08. The van der Waals surface area contributed by atoms with E-state index in [0.717, 1.165) is 5.56 Å². The largest absolute Gasteiger partial charge is 0.493 e. The van der Waals surface area contributed by atoms with Gasteiger partial charge in [-0.15, -0.1) is 0 Å². The monoisotopic (exact) mass is 614 g/mol. The van der Waals surface area contributed by atoms with Gasteiger partial charge in [0.2, 0.25) is 0 Å². The zero-order valence-electron chi connectivity index (χ0n) is 21.9. The number of aromatic nitrogens is 1. The number of fused-ring (bicyclic) bond motifs is 2. The first-order valence-electron chi connectivity index (χ1n) is 12.5. The molecule has 0 saturated heterocycles. The third-order valence-corrected chi connectivity index (χ3v) is 7.93.